The Kier molecular flexibility index (Phi) is 7.19. The fourth-order valence-corrected chi connectivity index (χ4v) is 7.78. The summed E-state index contributed by atoms with van der Waals surface area (Å²) < 4.78 is 12.7. The fourth-order valence-electron chi connectivity index (χ4n) is 6.75. The van der Waals surface area contributed by atoms with Gasteiger partial charge >= 0.3 is 0 Å². The van der Waals surface area contributed by atoms with Gasteiger partial charge in [-0.2, -0.15) is 0 Å². The van der Waals surface area contributed by atoms with Crippen LogP contribution in [0.1, 0.15) is 42.4 Å². The van der Waals surface area contributed by atoms with Crippen LogP contribution in [-0.2, 0) is 16.9 Å². The van der Waals surface area contributed by atoms with Gasteiger partial charge in [-0.15, -0.1) is 0 Å². The largest absolute Gasteiger partial charge is 0.490 e. The summed E-state index contributed by atoms with van der Waals surface area (Å²) in [6.07, 6.45) is 1.60. The van der Waals surface area contributed by atoms with Gasteiger partial charge in [-0.25, -0.2) is 0 Å². The van der Waals surface area contributed by atoms with E-state index in [0.717, 1.165) is 24.0 Å². The molecule has 2 fully saturated rings. The van der Waals surface area contributed by atoms with E-state index in [2.05, 4.69) is 26.1 Å². The van der Waals surface area contributed by atoms with Gasteiger partial charge in [-0.3, -0.25) is 19.8 Å². The molecule has 8 nitrogen and oxygen atoms in total. The van der Waals surface area contributed by atoms with Gasteiger partial charge < -0.3 is 14.8 Å². The summed E-state index contributed by atoms with van der Waals surface area (Å²) in [6.45, 7) is 3.01. The number of hydrogen-bond donors (Lipinski definition) is 1. The Bertz CT molecular complexity index is 1520. The lowest BCUT2D eigenvalue weighted by Gasteiger charge is -2.32. The number of amides is 1. The molecule has 2 saturated heterocycles. The van der Waals surface area contributed by atoms with E-state index in [1.165, 1.54) is 0 Å². The van der Waals surface area contributed by atoms with Gasteiger partial charge in [-0.1, -0.05) is 47.5 Å². The van der Waals surface area contributed by atoms with Gasteiger partial charge in [0.25, 0.3) is 11.9 Å². The van der Waals surface area contributed by atoms with Crippen molar-refractivity contribution in [2.45, 2.75) is 49.9 Å². The van der Waals surface area contributed by atoms with Crippen molar-refractivity contribution in [3.8, 4) is 11.5 Å². The molecule has 208 valence electrons. The number of anilines is 1. The number of carbonyl (C=O) groups excluding carboxylic acids is 1. The first-order chi connectivity index (χ1) is 19.3. The lowest BCUT2D eigenvalue weighted by Crippen LogP contribution is -2.55. The molecule has 1 spiro atoms. The van der Waals surface area contributed by atoms with Crippen LogP contribution < -0.4 is 14.8 Å². The van der Waals surface area contributed by atoms with E-state index in [1.54, 1.807) is 24.3 Å². The number of carbonyl (C=O) groups is 1. The van der Waals surface area contributed by atoms with Crippen LogP contribution in [0, 0.1) is 10.1 Å². The molecule has 11 heteroatoms. The topological polar surface area (TPSA) is 93.9 Å². The second kappa shape index (κ2) is 10.5. The number of nitrogens with one attached hydrogen (secondary N) is 1. The standard InChI is InChI=1S/C29H26BrCl2N3O5/c1-2-39-24-13-17(12-20(30)26(24)40-15-16-9-10-18(31)14-21(16)32)25-23-8-5-11-34(23)29(27(25)35(37)38)19-6-3-4-7-22(19)33-28(29)36/h3-4,6-7,9-10,12-14,23,25,27H,2,5,8,11,15H2,1H3,(H,33,36)/t23-,25+,27+,29-/m0/s1. The minimum Gasteiger partial charge on any atom is -0.490 e. The van der Waals surface area contributed by atoms with Crippen molar-refractivity contribution in [1.29, 1.82) is 0 Å². The molecule has 3 aromatic carbocycles. The van der Waals surface area contributed by atoms with Crippen molar-refractivity contribution in [3.05, 3.63) is 95.9 Å². The minimum atomic E-state index is -1.38. The highest BCUT2D eigenvalue weighted by atomic mass is 79.9. The molecule has 1 amide bonds. The zero-order valence-corrected chi connectivity index (χ0v) is 24.6. The van der Waals surface area contributed by atoms with Crippen molar-refractivity contribution < 1.29 is 19.2 Å². The lowest BCUT2D eigenvalue weighted by atomic mass is 9.77. The predicted molar refractivity (Wildman–Crippen MR) is 156 cm³/mol. The molecular weight excluding hydrogens is 621 g/mol. The van der Waals surface area contributed by atoms with Crippen LogP contribution in [0.3, 0.4) is 0 Å². The zero-order chi connectivity index (χ0) is 28.2. The average molecular weight is 647 g/mol. The van der Waals surface area contributed by atoms with E-state index in [4.69, 9.17) is 32.7 Å². The highest BCUT2D eigenvalue weighted by molar-refractivity contribution is 9.10. The van der Waals surface area contributed by atoms with Crippen LogP contribution in [-0.4, -0.2) is 41.0 Å². The van der Waals surface area contributed by atoms with E-state index in [1.807, 2.05) is 37.3 Å². The molecule has 40 heavy (non-hydrogen) atoms. The highest BCUT2D eigenvalue weighted by Gasteiger charge is 2.73. The fraction of sp³-hybridized carbons (Fsp3) is 0.345. The third-order valence-electron chi connectivity index (χ3n) is 8.20. The van der Waals surface area contributed by atoms with Gasteiger partial charge in [0.1, 0.15) is 6.61 Å². The van der Waals surface area contributed by atoms with Gasteiger partial charge in [0.2, 0.25) is 0 Å². The summed E-state index contributed by atoms with van der Waals surface area (Å²) in [6, 6.07) is 14.8. The van der Waals surface area contributed by atoms with Crippen LogP contribution in [0.2, 0.25) is 10.0 Å². The monoisotopic (exact) mass is 645 g/mol. The second-order valence-corrected chi connectivity index (χ2v) is 11.9. The summed E-state index contributed by atoms with van der Waals surface area (Å²) in [5.74, 6) is 0.0356. The first-order valence-corrected chi connectivity index (χ1v) is 14.7. The molecule has 1 N–H and O–H groups in total. The number of ether oxygens (including phenoxy) is 2. The Hall–Kier alpha value is -2.85. The molecule has 0 saturated carbocycles. The summed E-state index contributed by atoms with van der Waals surface area (Å²) in [4.78, 5) is 28.4. The Labute approximate surface area is 249 Å². The molecule has 3 aliphatic rings. The van der Waals surface area contributed by atoms with Crippen molar-refractivity contribution >= 4 is 50.7 Å². The normalized spacial score (nSPS) is 25.1. The first-order valence-electron chi connectivity index (χ1n) is 13.1. The molecule has 0 aliphatic carbocycles. The number of benzene rings is 3. The highest BCUT2D eigenvalue weighted by Crippen LogP contribution is 2.58. The van der Waals surface area contributed by atoms with Crippen LogP contribution in [0.15, 0.2) is 59.1 Å². The summed E-state index contributed by atoms with van der Waals surface area (Å²) in [5, 5.41) is 16.9. The van der Waals surface area contributed by atoms with Crippen molar-refractivity contribution in [1.82, 2.24) is 4.90 Å². The minimum absolute atomic E-state index is 0.172. The molecule has 3 heterocycles. The molecule has 0 aromatic heterocycles. The molecular formula is C29H26BrCl2N3O5. The van der Waals surface area contributed by atoms with E-state index in [9.17, 15) is 14.9 Å². The van der Waals surface area contributed by atoms with E-state index in [-0.39, 0.29) is 23.5 Å². The van der Waals surface area contributed by atoms with Crippen LogP contribution in [0.25, 0.3) is 0 Å². The number of rotatable bonds is 7. The van der Waals surface area contributed by atoms with Gasteiger partial charge in [0.15, 0.2) is 17.0 Å². The molecule has 0 bridgehead atoms. The molecule has 4 atom stereocenters. The number of para-hydroxylation sites is 1. The molecule has 3 aromatic rings. The predicted octanol–water partition coefficient (Wildman–Crippen LogP) is 6.79. The maximum atomic E-state index is 13.7. The van der Waals surface area contributed by atoms with Gasteiger partial charge in [0.05, 0.1) is 17.0 Å². The number of hydrogen-bond acceptors (Lipinski definition) is 6. The Morgan fingerprint density at radius 2 is 1.98 bits per heavy atom. The molecule has 0 radical (unpaired) electrons. The smallest absolute Gasteiger partial charge is 0.256 e. The maximum absolute atomic E-state index is 13.7. The summed E-state index contributed by atoms with van der Waals surface area (Å²) >= 11 is 16.0. The SMILES string of the molecule is CCOc1cc([C@@H]2[C@@H]3CCCN3[C@]3(C(=O)Nc4ccccc43)[C@@H]2[N+](=O)[O-])cc(Br)c1OCc1ccc(Cl)cc1Cl. The van der Waals surface area contributed by atoms with Crippen molar-refractivity contribution in [2.75, 3.05) is 18.5 Å². The average Bonchev–Trinajstić information content (AvgIpc) is 3.57. The maximum Gasteiger partial charge on any atom is 0.256 e. The second-order valence-electron chi connectivity index (χ2n) is 10.2. The number of nitro groups is 1. The van der Waals surface area contributed by atoms with E-state index >= 15 is 0 Å². The van der Waals surface area contributed by atoms with E-state index in [0.29, 0.717) is 50.4 Å². The van der Waals surface area contributed by atoms with Crippen LogP contribution in [0.4, 0.5) is 5.69 Å². The Morgan fingerprint density at radius 3 is 2.73 bits per heavy atom. The van der Waals surface area contributed by atoms with Crippen LogP contribution in [0.5, 0.6) is 11.5 Å². The van der Waals surface area contributed by atoms with Crippen molar-refractivity contribution in [3.63, 3.8) is 0 Å². The number of halogens is 3. The quantitative estimate of drug-likeness (QED) is 0.224. The van der Waals surface area contributed by atoms with E-state index < -0.39 is 17.5 Å². The van der Waals surface area contributed by atoms with Gasteiger partial charge in [-0.05, 0) is 71.6 Å². The van der Waals surface area contributed by atoms with Crippen LogP contribution >= 0.6 is 39.1 Å². The third-order valence-corrected chi connectivity index (χ3v) is 9.37. The Morgan fingerprint density at radius 1 is 1.18 bits per heavy atom. The third kappa shape index (κ3) is 4.17. The Balaban J connectivity index is 1.43. The molecule has 6 rings (SSSR count). The molecule has 0 unspecified atom stereocenters. The summed E-state index contributed by atoms with van der Waals surface area (Å²) in [7, 11) is 0. The number of nitrogens with zero attached hydrogens (tertiary/aromatic N) is 2. The molecule has 3 aliphatic heterocycles. The van der Waals surface area contributed by atoms with Gasteiger partial charge in [0, 0.05) is 44.4 Å². The first kappa shape index (κ1) is 27.3. The lowest BCUT2D eigenvalue weighted by molar-refractivity contribution is -0.534. The zero-order valence-electron chi connectivity index (χ0n) is 21.5. The number of fused-ring (bicyclic) bond motifs is 4. The summed E-state index contributed by atoms with van der Waals surface area (Å²) in [5.41, 5.74) is 1.39. The van der Waals surface area contributed by atoms with Crippen molar-refractivity contribution in [2.24, 2.45) is 0 Å².